The van der Waals surface area contributed by atoms with Crippen LogP contribution in [0.1, 0.15) is 22.5 Å². The van der Waals surface area contributed by atoms with Gasteiger partial charge in [-0.1, -0.05) is 12.1 Å². The van der Waals surface area contributed by atoms with Crippen molar-refractivity contribution in [3.8, 4) is 11.5 Å². The molecule has 32 heavy (non-hydrogen) atoms. The summed E-state index contributed by atoms with van der Waals surface area (Å²) in [6.45, 7) is 3.95. The molecule has 0 atom stereocenters. The van der Waals surface area contributed by atoms with Crippen molar-refractivity contribution in [1.29, 1.82) is 0 Å². The van der Waals surface area contributed by atoms with Gasteiger partial charge in [-0.05, 0) is 66.9 Å². The zero-order valence-electron chi connectivity index (χ0n) is 18.3. The van der Waals surface area contributed by atoms with Gasteiger partial charge in [-0.3, -0.25) is 9.59 Å². The highest BCUT2D eigenvalue weighted by Gasteiger charge is 2.40. The fourth-order valence-corrected chi connectivity index (χ4v) is 4.54. The molecule has 0 radical (unpaired) electrons. The smallest absolute Gasteiger partial charge is 0.272 e. The summed E-state index contributed by atoms with van der Waals surface area (Å²) >= 11 is 1.29. The highest BCUT2D eigenvalue weighted by molar-refractivity contribution is 8.03. The minimum atomic E-state index is -0.368. The summed E-state index contributed by atoms with van der Waals surface area (Å²) in [5.41, 5.74) is 3.58. The molecule has 1 aliphatic rings. The second-order valence-corrected chi connectivity index (χ2v) is 8.34. The number of carbonyl (C=O) groups excluding carboxylic acids is 2. The number of nitrogens with zero attached hydrogens (tertiary/aromatic N) is 1. The van der Waals surface area contributed by atoms with Gasteiger partial charge >= 0.3 is 0 Å². The number of aryl methyl sites for hydroxylation is 2. The molecule has 0 spiro atoms. The van der Waals surface area contributed by atoms with Crippen LogP contribution in [-0.2, 0) is 15.3 Å². The van der Waals surface area contributed by atoms with Gasteiger partial charge in [-0.2, -0.15) is 0 Å². The van der Waals surface area contributed by atoms with E-state index in [1.165, 1.54) is 23.8 Å². The molecule has 3 aromatic rings. The Kier molecular flexibility index (Phi) is 6.10. The Morgan fingerprint density at radius 1 is 0.906 bits per heavy atom. The van der Waals surface area contributed by atoms with Gasteiger partial charge in [-0.15, -0.1) is 11.8 Å². The number of methoxy groups -OCH3 is 2. The number of benzene rings is 2. The molecule has 1 aromatic heterocycles. The average molecular weight is 450 g/mol. The van der Waals surface area contributed by atoms with Crippen LogP contribution in [0.25, 0.3) is 5.57 Å². The summed E-state index contributed by atoms with van der Waals surface area (Å²) in [6, 6.07) is 14.4. The number of amides is 2. The quantitative estimate of drug-likeness (QED) is 0.466. The van der Waals surface area contributed by atoms with Crippen molar-refractivity contribution in [3.63, 3.8) is 0 Å². The van der Waals surface area contributed by atoms with Gasteiger partial charge in [0.05, 0.1) is 42.4 Å². The van der Waals surface area contributed by atoms with Crippen LogP contribution in [0.2, 0.25) is 0 Å². The van der Waals surface area contributed by atoms with Crippen molar-refractivity contribution in [3.05, 3.63) is 82.1 Å². The monoisotopic (exact) mass is 449 g/mol. The zero-order valence-corrected chi connectivity index (χ0v) is 19.1. The zero-order chi connectivity index (χ0) is 22.8. The van der Waals surface area contributed by atoms with E-state index in [2.05, 4.69) is 0 Å². The number of carbonyl (C=O) groups is 2. The lowest BCUT2D eigenvalue weighted by molar-refractivity contribution is -0.119. The van der Waals surface area contributed by atoms with Gasteiger partial charge in [0.1, 0.15) is 5.76 Å². The molecule has 0 saturated carbocycles. The lowest BCUT2D eigenvalue weighted by Gasteiger charge is -2.17. The largest absolute Gasteiger partial charge is 0.493 e. The predicted molar refractivity (Wildman–Crippen MR) is 125 cm³/mol. The van der Waals surface area contributed by atoms with Crippen LogP contribution in [-0.4, -0.2) is 26.0 Å². The summed E-state index contributed by atoms with van der Waals surface area (Å²) < 4.78 is 16.1. The molecule has 164 valence electrons. The number of furan rings is 1. The molecule has 6 nitrogen and oxygen atoms in total. The van der Waals surface area contributed by atoms with Crippen molar-refractivity contribution in [2.24, 2.45) is 0 Å². The van der Waals surface area contributed by atoms with Crippen LogP contribution >= 0.6 is 11.8 Å². The van der Waals surface area contributed by atoms with Gasteiger partial charge in [0, 0.05) is 0 Å². The van der Waals surface area contributed by atoms with E-state index in [9.17, 15) is 9.59 Å². The van der Waals surface area contributed by atoms with Crippen LogP contribution in [0.3, 0.4) is 0 Å². The molecule has 0 aliphatic carbocycles. The average Bonchev–Trinajstić information content (AvgIpc) is 3.40. The number of hydrogen-bond donors (Lipinski definition) is 0. The summed E-state index contributed by atoms with van der Waals surface area (Å²) in [4.78, 5) is 28.7. The molecular weight excluding hydrogens is 426 g/mol. The van der Waals surface area contributed by atoms with E-state index < -0.39 is 0 Å². The molecule has 0 unspecified atom stereocenters. The Hall–Kier alpha value is -3.45. The third-order valence-corrected chi connectivity index (χ3v) is 6.50. The summed E-state index contributed by atoms with van der Waals surface area (Å²) in [6.07, 6.45) is 1.59. The number of hydrogen-bond acceptors (Lipinski definition) is 6. The first-order valence-electron chi connectivity index (χ1n) is 10.0. The second kappa shape index (κ2) is 8.96. The molecule has 0 saturated heterocycles. The summed E-state index contributed by atoms with van der Waals surface area (Å²) in [5.74, 6) is 1.46. The number of anilines is 1. The molecule has 7 heteroatoms. The fourth-order valence-electron chi connectivity index (χ4n) is 3.53. The van der Waals surface area contributed by atoms with E-state index in [-0.39, 0.29) is 11.8 Å². The van der Waals surface area contributed by atoms with E-state index in [1.807, 2.05) is 32.0 Å². The third-order valence-electron chi connectivity index (χ3n) is 5.40. The first-order valence-corrected chi connectivity index (χ1v) is 11.0. The number of imide groups is 1. The van der Waals surface area contributed by atoms with Crippen LogP contribution in [0.4, 0.5) is 5.69 Å². The van der Waals surface area contributed by atoms with E-state index in [0.717, 1.165) is 16.9 Å². The molecule has 1 aliphatic heterocycles. The Morgan fingerprint density at radius 2 is 1.69 bits per heavy atom. The van der Waals surface area contributed by atoms with E-state index in [0.29, 0.717) is 39.0 Å². The predicted octanol–water partition coefficient (Wildman–Crippen LogP) is 5.13. The SMILES string of the molecule is COc1ccc(C2=C(SCc3ccco3)C(=O)N(c3ccc(C)c(C)c3)C2=O)cc1OC. The number of rotatable bonds is 7. The molecule has 0 bridgehead atoms. The maximum absolute atomic E-state index is 13.6. The van der Waals surface area contributed by atoms with Crippen LogP contribution < -0.4 is 14.4 Å². The molecule has 2 amide bonds. The van der Waals surface area contributed by atoms with Crippen molar-refractivity contribution < 1.29 is 23.5 Å². The van der Waals surface area contributed by atoms with Gasteiger partial charge in [0.25, 0.3) is 11.8 Å². The van der Waals surface area contributed by atoms with Crippen molar-refractivity contribution in [1.82, 2.24) is 0 Å². The Labute approximate surface area is 190 Å². The Morgan fingerprint density at radius 3 is 2.34 bits per heavy atom. The highest BCUT2D eigenvalue weighted by atomic mass is 32.2. The third kappa shape index (κ3) is 3.91. The van der Waals surface area contributed by atoms with Crippen molar-refractivity contribution in [2.75, 3.05) is 19.1 Å². The molecule has 2 heterocycles. The van der Waals surface area contributed by atoms with E-state index in [4.69, 9.17) is 13.9 Å². The lowest BCUT2D eigenvalue weighted by atomic mass is 10.1. The van der Waals surface area contributed by atoms with Crippen LogP contribution in [0.5, 0.6) is 11.5 Å². The van der Waals surface area contributed by atoms with E-state index >= 15 is 0 Å². The minimum absolute atomic E-state index is 0.339. The maximum Gasteiger partial charge on any atom is 0.272 e. The standard InChI is InChI=1S/C25H23NO5S/c1-15-7-9-18(12-16(15)2)26-24(27)22(17-8-10-20(29-3)21(13-17)30-4)23(25(26)28)32-14-19-6-5-11-31-19/h5-13H,14H2,1-4H3. The van der Waals surface area contributed by atoms with Crippen molar-refractivity contribution in [2.45, 2.75) is 19.6 Å². The van der Waals surface area contributed by atoms with Gasteiger partial charge in [-0.25, -0.2) is 4.90 Å². The summed E-state index contributed by atoms with van der Waals surface area (Å²) in [5, 5.41) is 0. The van der Waals surface area contributed by atoms with Crippen LogP contribution in [0, 0.1) is 13.8 Å². The molecular formula is C25H23NO5S. The summed E-state index contributed by atoms with van der Waals surface area (Å²) in [7, 11) is 3.08. The first-order chi connectivity index (χ1) is 15.4. The van der Waals surface area contributed by atoms with Gasteiger partial charge in [0.15, 0.2) is 11.5 Å². The highest BCUT2D eigenvalue weighted by Crippen LogP contribution is 2.41. The van der Waals surface area contributed by atoms with Gasteiger partial charge < -0.3 is 13.9 Å². The molecule has 0 N–H and O–H groups in total. The first kappa shape index (κ1) is 21.8. The number of ether oxygens (including phenoxy) is 2. The lowest BCUT2D eigenvalue weighted by Crippen LogP contribution is -2.31. The molecule has 0 fully saturated rings. The molecule has 4 rings (SSSR count). The Bertz CT molecular complexity index is 1210. The minimum Gasteiger partial charge on any atom is -0.493 e. The Balaban J connectivity index is 1.79. The van der Waals surface area contributed by atoms with Gasteiger partial charge in [0.2, 0.25) is 0 Å². The normalized spacial score (nSPS) is 13.8. The van der Waals surface area contributed by atoms with E-state index in [1.54, 1.807) is 43.7 Å². The fraction of sp³-hybridized carbons (Fsp3) is 0.200. The van der Waals surface area contributed by atoms with Crippen LogP contribution in [0.15, 0.2) is 64.1 Å². The maximum atomic E-state index is 13.6. The number of thioether (sulfide) groups is 1. The van der Waals surface area contributed by atoms with Crippen molar-refractivity contribution >= 4 is 34.8 Å². The topological polar surface area (TPSA) is 69.0 Å². The second-order valence-electron chi connectivity index (χ2n) is 7.36. The molecule has 2 aromatic carbocycles.